The van der Waals surface area contributed by atoms with Crippen LogP contribution in [0.5, 0.6) is 0 Å². The summed E-state index contributed by atoms with van der Waals surface area (Å²) in [6.45, 7) is 1.06. The number of benzene rings is 2. The molecule has 158 valence electrons. The molecule has 0 aliphatic rings. The van der Waals surface area contributed by atoms with Crippen LogP contribution >= 0.6 is 11.6 Å². The van der Waals surface area contributed by atoms with Crippen LogP contribution in [-0.2, 0) is 27.9 Å². The number of nitrogens with one attached hydrogen (secondary N) is 1. The maximum absolute atomic E-state index is 12.4. The number of rotatable bonds is 9. The summed E-state index contributed by atoms with van der Waals surface area (Å²) in [6.07, 6.45) is 3.68. The average molecular weight is 447 g/mol. The van der Waals surface area contributed by atoms with Crippen molar-refractivity contribution < 1.29 is 13.2 Å². The molecule has 0 aliphatic heterocycles. The number of carbonyl (C=O) groups excluding carboxylic acids is 1. The highest BCUT2D eigenvalue weighted by Crippen LogP contribution is 2.15. The maximum Gasteiger partial charge on any atom is 0.240 e. The molecule has 2 aromatic carbocycles. The summed E-state index contributed by atoms with van der Waals surface area (Å²) < 4.78 is 28.8. The summed E-state index contributed by atoms with van der Waals surface area (Å²) in [5, 5.41) is 4.67. The lowest BCUT2D eigenvalue weighted by Gasteiger charge is -2.16. The zero-order chi connectivity index (χ0) is 21.6. The molecule has 0 atom stereocenters. The average Bonchev–Trinajstić information content (AvgIpc) is 3.15. The predicted molar refractivity (Wildman–Crippen MR) is 116 cm³/mol. The minimum atomic E-state index is -3.71. The van der Waals surface area contributed by atoms with Crippen molar-refractivity contribution in [3.05, 3.63) is 83.1 Å². The molecular weight excluding hydrogens is 424 g/mol. The van der Waals surface area contributed by atoms with E-state index >= 15 is 0 Å². The number of sulfonamides is 1. The van der Waals surface area contributed by atoms with E-state index < -0.39 is 10.0 Å². The third kappa shape index (κ3) is 6.16. The van der Waals surface area contributed by atoms with E-state index in [0.717, 1.165) is 11.1 Å². The summed E-state index contributed by atoms with van der Waals surface area (Å²) in [6, 6.07) is 16.0. The quantitative estimate of drug-likeness (QED) is 0.547. The Morgan fingerprint density at radius 2 is 1.90 bits per heavy atom. The Balaban J connectivity index is 1.48. The number of nitrogens with zero attached hydrogens (tertiary/aromatic N) is 3. The van der Waals surface area contributed by atoms with Crippen LogP contribution in [0.1, 0.15) is 17.5 Å². The molecule has 30 heavy (non-hydrogen) atoms. The molecule has 0 saturated carbocycles. The first-order valence-corrected chi connectivity index (χ1v) is 11.2. The van der Waals surface area contributed by atoms with Crippen molar-refractivity contribution in [1.29, 1.82) is 0 Å². The third-order valence-electron chi connectivity index (χ3n) is 4.46. The molecule has 0 radical (unpaired) electrons. The highest BCUT2D eigenvalue weighted by molar-refractivity contribution is 7.89. The molecule has 0 bridgehead atoms. The molecule has 1 heterocycles. The van der Waals surface area contributed by atoms with E-state index in [1.165, 1.54) is 12.1 Å². The zero-order valence-corrected chi connectivity index (χ0v) is 18.1. The van der Waals surface area contributed by atoms with Crippen molar-refractivity contribution in [1.82, 2.24) is 19.4 Å². The van der Waals surface area contributed by atoms with Gasteiger partial charge in [-0.15, -0.1) is 0 Å². The van der Waals surface area contributed by atoms with Gasteiger partial charge in [0, 0.05) is 43.3 Å². The Morgan fingerprint density at radius 1 is 1.13 bits per heavy atom. The summed E-state index contributed by atoms with van der Waals surface area (Å²) in [5.74, 6) is -0.167. The van der Waals surface area contributed by atoms with Gasteiger partial charge in [-0.25, -0.2) is 13.1 Å². The normalized spacial score (nSPS) is 11.4. The van der Waals surface area contributed by atoms with Crippen LogP contribution in [0.4, 0.5) is 0 Å². The van der Waals surface area contributed by atoms with Gasteiger partial charge in [0.1, 0.15) is 0 Å². The van der Waals surface area contributed by atoms with Crippen LogP contribution in [0.15, 0.2) is 71.9 Å². The number of halogens is 1. The van der Waals surface area contributed by atoms with E-state index in [1.54, 1.807) is 30.3 Å². The number of hydrogen-bond donors (Lipinski definition) is 1. The molecule has 1 aromatic heterocycles. The Hall–Kier alpha value is -2.68. The standard InChI is InChI=1S/C21H23ClN4O3S/c1-25(14-18-13-23-26(16-18)15-17-6-3-2-4-7-17)21(27)10-11-24-30(28,29)20-9-5-8-19(22)12-20/h2-9,12-13,16,24H,10-11,14-15H2,1H3. The first kappa shape index (κ1) is 22.0. The first-order valence-electron chi connectivity index (χ1n) is 9.38. The second-order valence-electron chi connectivity index (χ2n) is 6.89. The van der Waals surface area contributed by atoms with Crippen LogP contribution in [-0.4, -0.2) is 42.6 Å². The molecular formula is C21H23ClN4O3S. The van der Waals surface area contributed by atoms with Gasteiger partial charge in [0.25, 0.3) is 0 Å². The Bertz CT molecular complexity index is 1100. The monoisotopic (exact) mass is 446 g/mol. The molecule has 1 N–H and O–H groups in total. The predicted octanol–water partition coefficient (Wildman–Crippen LogP) is 2.91. The highest BCUT2D eigenvalue weighted by Gasteiger charge is 2.16. The van der Waals surface area contributed by atoms with E-state index in [4.69, 9.17) is 11.6 Å². The minimum absolute atomic E-state index is 0.00525. The Kier molecular flexibility index (Phi) is 7.25. The van der Waals surface area contributed by atoms with Gasteiger partial charge in [-0.3, -0.25) is 9.48 Å². The van der Waals surface area contributed by atoms with Gasteiger partial charge in [-0.2, -0.15) is 5.10 Å². The number of amides is 1. The molecule has 9 heteroatoms. The van der Waals surface area contributed by atoms with Gasteiger partial charge in [-0.05, 0) is 23.8 Å². The fraction of sp³-hybridized carbons (Fsp3) is 0.238. The molecule has 0 saturated heterocycles. The van der Waals surface area contributed by atoms with E-state index in [2.05, 4.69) is 9.82 Å². The minimum Gasteiger partial charge on any atom is -0.341 e. The summed E-state index contributed by atoms with van der Waals surface area (Å²) in [5.41, 5.74) is 2.05. The van der Waals surface area contributed by atoms with Crippen molar-refractivity contribution in [2.24, 2.45) is 0 Å². The summed E-state index contributed by atoms with van der Waals surface area (Å²) in [4.78, 5) is 14.0. The summed E-state index contributed by atoms with van der Waals surface area (Å²) >= 11 is 5.84. The van der Waals surface area contributed by atoms with Gasteiger partial charge in [0.05, 0.1) is 17.6 Å². The van der Waals surface area contributed by atoms with Gasteiger partial charge in [0.2, 0.25) is 15.9 Å². The lowest BCUT2D eigenvalue weighted by Crippen LogP contribution is -2.31. The van der Waals surface area contributed by atoms with Crippen molar-refractivity contribution in [2.75, 3.05) is 13.6 Å². The van der Waals surface area contributed by atoms with Crippen LogP contribution in [0.2, 0.25) is 5.02 Å². The summed E-state index contributed by atoms with van der Waals surface area (Å²) in [7, 11) is -2.03. The first-order chi connectivity index (χ1) is 14.3. The Morgan fingerprint density at radius 3 is 2.63 bits per heavy atom. The molecule has 7 nitrogen and oxygen atoms in total. The second kappa shape index (κ2) is 9.88. The van der Waals surface area contributed by atoms with Crippen LogP contribution in [0, 0.1) is 0 Å². The van der Waals surface area contributed by atoms with E-state index in [-0.39, 0.29) is 23.8 Å². The lowest BCUT2D eigenvalue weighted by atomic mass is 10.2. The Labute approximate surface area is 181 Å². The van der Waals surface area contributed by atoms with Gasteiger partial charge in [-0.1, -0.05) is 48.0 Å². The van der Waals surface area contributed by atoms with Crippen molar-refractivity contribution in [3.63, 3.8) is 0 Å². The number of aromatic nitrogens is 2. The second-order valence-corrected chi connectivity index (χ2v) is 9.09. The zero-order valence-electron chi connectivity index (χ0n) is 16.5. The lowest BCUT2D eigenvalue weighted by molar-refractivity contribution is -0.130. The van der Waals surface area contributed by atoms with Gasteiger partial charge >= 0.3 is 0 Å². The van der Waals surface area contributed by atoms with Crippen molar-refractivity contribution >= 4 is 27.5 Å². The van der Waals surface area contributed by atoms with E-state index in [9.17, 15) is 13.2 Å². The molecule has 0 spiro atoms. The molecule has 0 fully saturated rings. The largest absolute Gasteiger partial charge is 0.341 e. The maximum atomic E-state index is 12.4. The molecule has 3 aromatic rings. The van der Waals surface area contributed by atoms with Gasteiger partial charge in [0.15, 0.2) is 0 Å². The van der Waals surface area contributed by atoms with Crippen molar-refractivity contribution in [2.45, 2.75) is 24.4 Å². The van der Waals surface area contributed by atoms with Gasteiger partial charge < -0.3 is 4.90 Å². The third-order valence-corrected chi connectivity index (χ3v) is 6.15. The number of carbonyl (C=O) groups is 1. The van der Waals surface area contributed by atoms with E-state index in [0.29, 0.717) is 18.1 Å². The molecule has 3 rings (SSSR count). The van der Waals surface area contributed by atoms with Crippen LogP contribution in [0.25, 0.3) is 0 Å². The van der Waals surface area contributed by atoms with Crippen LogP contribution in [0.3, 0.4) is 0 Å². The highest BCUT2D eigenvalue weighted by atomic mass is 35.5. The smallest absolute Gasteiger partial charge is 0.240 e. The van der Waals surface area contributed by atoms with E-state index in [1.807, 2.05) is 41.2 Å². The SMILES string of the molecule is CN(Cc1cnn(Cc2ccccc2)c1)C(=O)CCNS(=O)(=O)c1cccc(Cl)c1. The molecule has 1 amide bonds. The van der Waals surface area contributed by atoms with Crippen LogP contribution < -0.4 is 4.72 Å². The van der Waals surface area contributed by atoms with Crippen molar-refractivity contribution in [3.8, 4) is 0 Å². The fourth-order valence-electron chi connectivity index (χ4n) is 2.91. The molecule has 0 unspecified atom stereocenters. The fourth-order valence-corrected chi connectivity index (χ4v) is 4.24. The number of hydrogen-bond acceptors (Lipinski definition) is 4. The molecule has 0 aliphatic carbocycles. The topological polar surface area (TPSA) is 84.3 Å².